The Morgan fingerprint density at radius 1 is 1.31 bits per heavy atom. The summed E-state index contributed by atoms with van der Waals surface area (Å²) >= 11 is 5.62. The molecule has 8 heteroatoms. The van der Waals surface area contributed by atoms with Gasteiger partial charge in [0.15, 0.2) is 5.11 Å². The zero-order valence-electron chi connectivity index (χ0n) is 16.3. The lowest BCUT2D eigenvalue weighted by Crippen LogP contribution is -2.71. The number of benzene rings is 2. The van der Waals surface area contributed by atoms with Gasteiger partial charge in [0.1, 0.15) is 23.2 Å². The van der Waals surface area contributed by atoms with E-state index in [-0.39, 0.29) is 12.4 Å². The predicted octanol–water partition coefficient (Wildman–Crippen LogP) is 3.56. The van der Waals surface area contributed by atoms with E-state index >= 15 is 0 Å². The van der Waals surface area contributed by atoms with Crippen LogP contribution in [-0.2, 0) is 9.53 Å². The van der Waals surface area contributed by atoms with Crippen molar-refractivity contribution in [3.8, 4) is 11.5 Å². The highest BCUT2D eigenvalue weighted by Gasteiger charge is 2.59. The van der Waals surface area contributed by atoms with Crippen LogP contribution in [0.5, 0.6) is 11.5 Å². The fraction of sp³-hybridized carbons (Fsp3) is 0.333. The Labute approximate surface area is 173 Å². The highest BCUT2D eigenvalue weighted by molar-refractivity contribution is 7.80. The van der Waals surface area contributed by atoms with Crippen LogP contribution in [0.2, 0.25) is 0 Å². The Hall–Kier alpha value is -2.87. The highest BCUT2D eigenvalue weighted by atomic mass is 32.1. The molecule has 3 atom stereocenters. The van der Waals surface area contributed by atoms with Crippen molar-refractivity contribution in [3.05, 3.63) is 53.8 Å². The number of hydrogen-bond donors (Lipinski definition) is 1. The van der Waals surface area contributed by atoms with Gasteiger partial charge in [-0.2, -0.15) is 0 Å². The Morgan fingerprint density at radius 3 is 2.69 bits per heavy atom. The van der Waals surface area contributed by atoms with Crippen LogP contribution >= 0.6 is 12.2 Å². The minimum Gasteiger partial charge on any atom is -0.497 e. The van der Waals surface area contributed by atoms with Crippen LogP contribution in [0.4, 0.5) is 10.1 Å². The molecule has 6 nitrogen and oxygen atoms in total. The SMILES string of the molecule is CCOC(=O)[C@H]1[C@H]2NC(=S)N(c3ccc(F)cc3)[C@@]1(C)Oc1ccc(OC)cc12. The monoisotopic (exact) mass is 416 g/mol. The molecule has 2 aliphatic rings. The molecule has 1 N–H and O–H groups in total. The number of rotatable bonds is 4. The van der Waals surface area contributed by atoms with Crippen molar-refractivity contribution in [2.75, 3.05) is 18.6 Å². The summed E-state index contributed by atoms with van der Waals surface area (Å²) in [5, 5.41) is 3.63. The molecule has 1 fully saturated rings. The highest BCUT2D eigenvalue weighted by Crippen LogP contribution is 2.50. The van der Waals surface area contributed by atoms with Gasteiger partial charge in [0, 0.05) is 11.3 Å². The number of hydrogen-bond acceptors (Lipinski definition) is 5. The van der Waals surface area contributed by atoms with E-state index in [9.17, 15) is 9.18 Å². The third kappa shape index (κ3) is 3.07. The number of esters is 1. The number of nitrogens with one attached hydrogen (secondary N) is 1. The topological polar surface area (TPSA) is 60.0 Å². The van der Waals surface area contributed by atoms with Crippen molar-refractivity contribution in [1.82, 2.24) is 5.32 Å². The molecule has 2 aliphatic heterocycles. The molecule has 2 bridgehead atoms. The maximum absolute atomic E-state index is 13.5. The average molecular weight is 416 g/mol. The minimum atomic E-state index is -1.17. The quantitative estimate of drug-likeness (QED) is 0.604. The molecule has 0 spiro atoms. The summed E-state index contributed by atoms with van der Waals surface area (Å²) in [7, 11) is 1.58. The van der Waals surface area contributed by atoms with Crippen molar-refractivity contribution in [1.29, 1.82) is 0 Å². The molecule has 0 unspecified atom stereocenters. The molecule has 0 radical (unpaired) electrons. The Morgan fingerprint density at radius 2 is 2.03 bits per heavy atom. The third-order valence-electron chi connectivity index (χ3n) is 5.33. The van der Waals surface area contributed by atoms with Crippen LogP contribution in [0.25, 0.3) is 0 Å². The van der Waals surface area contributed by atoms with E-state index < -0.39 is 23.7 Å². The predicted molar refractivity (Wildman–Crippen MR) is 110 cm³/mol. The zero-order valence-corrected chi connectivity index (χ0v) is 17.1. The van der Waals surface area contributed by atoms with Crippen molar-refractivity contribution in [2.24, 2.45) is 5.92 Å². The molecule has 0 aromatic heterocycles. The number of methoxy groups -OCH3 is 1. The third-order valence-corrected chi connectivity index (χ3v) is 5.63. The van der Waals surface area contributed by atoms with Crippen LogP contribution in [0.3, 0.4) is 0 Å². The first-order valence-corrected chi connectivity index (χ1v) is 9.69. The van der Waals surface area contributed by atoms with Gasteiger partial charge < -0.3 is 19.5 Å². The number of thiocarbonyl (C=S) groups is 1. The molecule has 0 amide bonds. The van der Waals surface area contributed by atoms with E-state index in [1.165, 1.54) is 12.1 Å². The summed E-state index contributed by atoms with van der Waals surface area (Å²) in [6.45, 7) is 3.79. The maximum atomic E-state index is 13.5. The van der Waals surface area contributed by atoms with E-state index in [1.807, 2.05) is 6.07 Å². The van der Waals surface area contributed by atoms with Crippen LogP contribution in [0.15, 0.2) is 42.5 Å². The summed E-state index contributed by atoms with van der Waals surface area (Å²) in [6, 6.07) is 10.9. The fourth-order valence-electron chi connectivity index (χ4n) is 4.06. The molecule has 0 saturated carbocycles. The van der Waals surface area contributed by atoms with Crippen LogP contribution in [-0.4, -0.2) is 30.5 Å². The van der Waals surface area contributed by atoms with E-state index in [0.29, 0.717) is 22.3 Å². The standard InChI is InChI=1S/C21H21FN2O4S/c1-4-27-19(25)17-18-15-11-14(26-3)9-10-16(15)28-21(17,2)24(20(29)23-18)13-7-5-12(22)6-8-13/h5-11,17-18H,4H2,1-3H3,(H,23,29)/t17-,18+,21+/m1/s1. The van der Waals surface area contributed by atoms with Crippen molar-refractivity contribution in [2.45, 2.75) is 25.6 Å². The summed E-state index contributed by atoms with van der Waals surface area (Å²) in [5.74, 6) is -0.237. The molecule has 29 heavy (non-hydrogen) atoms. The van der Waals surface area contributed by atoms with Crippen molar-refractivity contribution >= 4 is 29.0 Å². The van der Waals surface area contributed by atoms with E-state index in [4.69, 9.17) is 26.4 Å². The van der Waals surface area contributed by atoms with E-state index in [2.05, 4.69) is 5.32 Å². The molecule has 2 heterocycles. The number of halogens is 1. The van der Waals surface area contributed by atoms with Gasteiger partial charge in [-0.25, -0.2) is 4.39 Å². The lowest BCUT2D eigenvalue weighted by atomic mass is 9.79. The van der Waals surface area contributed by atoms with E-state index in [0.717, 1.165) is 5.56 Å². The first-order chi connectivity index (χ1) is 13.9. The summed E-state index contributed by atoms with van der Waals surface area (Å²) in [4.78, 5) is 14.7. The minimum absolute atomic E-state index is 0.240. The second kappa shape index (κ2) is 7.18. The molecular formula is C21H21FN2O4S. The van der Waals surface area contributed by atoms with Crippen LogP contribution in [0.1, 0.15) is 25.5 Å². The van der Waals surface area contributed by atoms with Gasteiger partial charge in [-0.1, -0.05) is 0 Å². The normalized spacial score (nSPS) is 24.8. The maximum Gasteiger partial charge on any atom is 0.317 e. The molecule has 2 aromatic carbocycles. The van der Waals surface area contributed by atoms with Crippen LogP contribution in [0, 0.1) is 11.7 Å². The fourth-order valence-corrected chi connectivity index (χ4v) is 4.47. The number of carbonyl (C=O) groups is 1. The lowest BCUT2D eigenvalue weighted by molar-refractivity contribution is -0.159. The van der Waals surface area contributed by atoms with Gasteiger partial charge >= 0.3 is 5.97 Å². The Balaban J connectivity index is 1.88. The molecule has 2 aromatic rings. The number of fused-ring (bicyclic) bond motifs is 4. The molecule has 152 valence electrons. The van der Waals surface area contributed by atoms with Gasteiger partial charge in [-0.3, -0.25) is 9.69 Å². The van der Waals surface area contributed by atoms with Gasteiger partial charge in [0.25, 0.3) is 0 Å². The Kier molecular flexibility index (Phi) is 4.82. The first-order valence-electron chi connectivity index (χ1n) is 9.29. The lowest BCUT2D eigenvalue weighted by Gasteiger charge is -2.55. The second-order valence-electron chi connectivity index (χ2n) is 7.03. The number of anilines is 1. The van der Waals surface area contributed by atoms with Crippen molar-refractivity contribution < 1.29 is 23.4 Å². The first kappa shape index (κ1) is 19.4. The number of nitrogens with zero attached hydrogens (tertiary/aromatic N) is 1. The van der Waals surface area contributed by atoms with E-state index in [1.54, 1.807) is 50.1 Å². The summed E-state index contributed by atoms with van der Waals surface area (Å²) < 4.78 is 30.6. The second-order valence-corrected chi connectivity index (χ2v) is 7.42. The number of carbonyl (C=O) groups excluding carboxylic acids is 1. The average Bonchev–Trinajstić information content (AvgIpc) is 2.68. The zero-order chi connectivity index (χ0) is 20.8. The largest absolute Gasteiger partial charge is 0.497 e. The number of ether oxygens (including phenoxy) is 3. The van der Waals surface area contributed by atoms with Crippen molar-refractivity contribution in [3.63, 3.8) is 0 Å². The van der Waals surface area contributed by atoms with Gasteiger partial charge in [0.2, 0.25) is 5.72 Å². The van der Waals surface area contributed by atoms with Gasteiger partial charge in [-0.05, 0) is 68.5 Å². The van der Waals surface area contributed by atoms with Gasteiger partial charge in [-0.15, -0.1) is 0 Å². The molecule has 0 aliphatic carbocycles. The van der Waals surface area contributed by atoms with Gasteiger partial charge in [0.05, 0.1) is 19.8 Å². The van der Waals surface area contributed by atoms with Crippen LogP contribution < -0.4 is 19.7 Å². The Bertz CT molecular complexity index is 968. The summed E-state index contributed by atoms with van der Waals surface area (Å²) in [6.07, 6.45) is 0. The summed E-state index contributed by atoms with van der Waals surface area (Å²) in [5.41, 5.74) is 0.204. The molecule has 4 rings (SSSR count). The smallest absolute Gasteiger partial charge is 0.317 e. The molecular weight excluding hydrogens is 395 g/mol. The molecule has 1 saturated heterocycles.